The van der Waals surface area contributed by atoms with Crippen molar-refractivity contribution >= 4 is 45.6 Å². The first-order valence-corrected chi connectivity index (χ1v) is 24.7. The zero-order valence-corrected chi connectivity index (χ0v) is 40.2. The van der Waals surface area contributed by atoms with Crippen molar-refractivity contribution in [1.82, 2.24) is 48.6 Å². The predicted molar refractivity (Wildman–Crippen MR) is 265 cm³/mol. The molecule has 0 bridgehead atoms. The van der Waals surface area contributed by atoms with Crippen LogP contribution in [0.25, 0.3) is 33.2 Å². The summed E-state index contributed by atoms with van der Waals surface area (Å²) in [5, 5.41) is 6.64. The lowest BCUT2D eigenvalue weighted by molar-refractivity contribution is -0.135. The van der Waals surface area contributed by atoms with Gasteiger partial charge in [0.15, 0.2) is 0 Å². The molecule has 2 N–H and O–H groups in total. The Morgan fingerprint density at radius 1 is 0.838 bits per heavy atom. The smallest absolute Gasteiger partial charge is 0.329 e. The van der Waals surface area contributed by atoms with Crippen LogP contribution in [0.1, 0.15) is 97.6 Å². The lowest BCUT2D eigenvalue weighted by Gasteiger charge is -2.42. The number of hydrogen-bond donors (Lipinski definition) is 2. The summed E-state index contributed by atoms with van der Waals surface area (Å²) in [7, 11) is 5.75. The maximum atomic E-state index is 13.7. The van der Waals surface area contributed by atoms with E-state index < -0.39 is 11.9 Å². The van der Waals surface area contributed by atoms with E-state index in [1.807, 2.05) is 31.6 Å². The van der Waals surface area contributed by atoms with Crippen LogP contribution in [0, 0.1) is 5.92 Å². The van der Waals surface area contributed by atoms with Crippen LogP contribution in [0.5, 0.6) is 0 Å². The van der Waals surface area contributed by atoms with Gasteiger partial charge in [0.1, 0.15) is 17.5 Å². The number of piperazine rings is 1. The van der Waals surface area contributed by atoms with Crippen LogP contribution in [0.2, 0.25) is 0 Å². The molecular weight excluding hydrogens is 855 g/mol. The number of benzene rings is 2. The van der Waals surface area contributed by atoms with Crippen molar-refractivity contribution in [3.63, 3.8) is 0 Å². The van der Waals surface area contributed by atoms with Crippen LogP contribution in [-0.4, -0.2) is 126 Å². The maximum Gasteiger partial charge on any atom is 0.329 e. The molecule has 15 heteroatoms. The molecule has 2 aromatic carbocycles. The molecule has 0 radical (unpaired) electrons. The second kappa shape index (κ2) is 19.1. The van der Waals surface area contributed by atoms with Gasteiger partial charge in [0.2, 0.25) is 11.8 Å². The number of fused-ring (bicyclic) bond motifs is 2. The third kappa shape index (κ3) is 8.87. The number of likely N-dealkylation sites (tertiary alicyclic amines) is 2. The van der Waals surface area contributed by atoms with Crippen LogP contribution < -0.4 is 16.3 Å². The third-order valence-corrected chi connectivity index (χ3v) is 15.8. The summed E-state index contributed by atoms with van der Waals surface area (Å²) in [5.41, 5.74) is 8.98. The van der Waals surface area contributed by atoms with Crippen LogP contribution >= 0.6 is 0 Å². The number of anilines is 1. The number of rotatable bonds is 11. The Morgan fingerprint density at radius 3 is 2.32 bits per heavy atom. The second-order valence-corrected chi connectivity index (χ2v) is 19.8. The number of imidazole rings is 1. The Hall–Kier alpha value is -6.16. The molecule has 10 rings (SSSR count). The fourth-order valence-electron chi connectivity index (χ4n) is 11.6. The third-order valence-electron chi connectivity index (χ3n) is 15.8. The van der Waals surface area contributed by atoms with Gasteiger partial charge in [0.25, 0.3) is 5.91 Å². The molecule has 0 unspecified atom stereocenters. The quantitative estimate of drug-likeness (QED) is 0.142. The summed E-state index contributed by atoms with van der Waals surface area (Å²) in [5.74, 6) is 1.32. The Morgan fingerprint density at radius 2 is 1.62 bits per heavy atom. The lowest BCUT2D eigenvalue weighted by atomic mass is 9.88. The Bertz CT molecular complexity index is 2890. The van der Waals surface area contributed by atoms with Gasteiger partial charge in [-0.05, 0) is 136 Å². The summed E-state index contributed by atoms with van der Waals surface area (Å²) in [6, 6.07) is 23.1. The molecule has 4 fully saturated rings. The first kappa shape index (κ1) is 45.6. The number of aromatic nitrogens is 5. The van der Waals surface area contributed by atoms with Crippen molar-refractivity contribution in [3.05, 3.63) is 112 Å². The van der Waals surface area contributed by atoms with Crippen LogP contribution in [0.3, 0.4) is 0 Å². The monoisotopic (exact) mass is 920 g/mol. The highest BCUT2D eigenvalue weighted by Crippen LogP contribution is 2.36. The zero-order chi connectivity index (χ0) is 47.2. The maximum absolute atomic E-state index is 13.7. The molecule has 15 nitrogen and oxygen atoms in total. The molecule has 4 aliphatic heterocycles. The molecule has 4 aliphatic rings. The zero-order valence-electron chi connectivity index (χ0n) is 40.2. The van der Waals surface area contributed by atoms with Crippen molar-refractivity contribution < 1.29 is 14.4 Å². The van der Waals surface area contributed by atoms with E-state index >= 15 is 0 Å². The van der Waals surface area contributed by atoms with Crippen LogP contribution in [0.4, 0.5) is 5.82 Å². The van der Waals surface area contributed by atoms with E-state index in [1.54, 1.807) is 11.6 Å². The van der Waals surface area contributed by atoms with Gasteiger partial charge in [-0.2, -0.15) is 0 Å². The number of amides is 3. The van der Waals surface area contributed by atoms with Gasteiger partial charge in [0.05, 0.1) is 11.0 Å². The Kier molecular flexibility index (Phi) is 12.8. The van der Waals surface area contributed by atoms with Crippen molar-refractivity contribution in [2.45, 2.75) is 83.0 Å². The minimum Gasteiger partial charge on any atom is -0.373 e. The highest BCUT2D eigenvalue weighted by molar-refractivity contribution is 6.00. The number of nitrogens with zero attached hydrogens (tertiary/aromatic N) is 9. The number of aryl methyl sites for hydroxylation is 2. The van der Waals surface area contributed by atoms with Gasteiger partial charge in [-0.15, -0.1) is 0 Å². The summed E-state index contributed by atoms with van der Waals surface area (Å²) in [4.78, 5) is 70.5. The average molecular weight is 920 g/mol. The average Bonchev–Trinajstić information content (AvgIpc) is 3.83. The molecule has 3 atom stereocenters. The van der Waals surface area contributed by atoms with Crippen LogP contribution in [-0.2, 0) is 30.2 Å². The molecule has 0 saturated carbocycles. The van der Waals surface area contributed by atoms with Crippen molar-refractivity contribution in [1.29, 1.82) is 0 Å². The topological polar surface area (TPSA) is 146 Å². The number of carbonyl (C=O) groups is 3. The van der Waals surface area contributed by atoms with Crippen LogP contribution in [0.15, 0.2) is 83.9 Å². The van der Waals surface area contributed by atoms with Gasteiger partial charge < -0.3 is 14.8 Å². The molecule has 0 aliphatic carbocycles. The SMILES string of the molecule is CNc1ccc(-c2ccnc3c2cc([C@H](C)N2CCC(c4ccc(C(=O)N5CCC(CN6CCN(Cc7ccc8c(c7)n(C)c(=O)n8[C@H]7CCC(=O)NC7=O)C[C@@H]6C)CC5)cc4)CC2)n3C)cn1. The molecule has 6 aromatic rings. The number of nitrogens with one attached hydrogen (secondary N) is 2. The second-order valence-electron chi connectivity index (χ2n) is 19.8. The fourth-order valence-corrected chi connectivity index (χ4v) is 11.6. The van der Waals surface area contributed by atoms with E-state index in [0.29, 0.717) is 29.8 Å². The number of hydrogen-bond acceptors (Lipinski definition) is 10. The predicted octanol–water partition coefficient (Wildman–Crippen LogP) is 6.31. The largest absolute Gasteiger partial charge is 0.373 e. The molecule has 4 saturated heterocycles. The Labute approximate surface area is 398 Å². The summed E-state index contributed by atoms with van der Waals surface area (Å²) < 4.78 is 5.40. The first-order chi connectivity index (χ1) is 32.9. The van der Waals surface area contributed by atoms with Crippen molar-refractivity contribution in [2.24, 2.45) is 20.0 Å². The molecule has 8 heterocycles. The van der Waals surface area contributed by atoms with E-state index in [4.69, 9.17) is 4.98 Å². The Balaban J connectivity index is 0.679. The number of piperidine rings is 3. The first-order valence-electron chi connectivity index (χ1n) is 24.7. The fraction of sp³-hybridized carbons (Fsp3) is 0.472. The van der Waals surface area contributed by atoms with Gasteiger partial charge >= 0.3 is 5.69 Å². The summed E-state index contributed by atoms with van der Waals surface area (Å²) in [6.45, 7) is 13.0. The van der Waals surface area contributed by atoms with Crippen molar-refractivity contribution in [3.8, 4) is 11.1 Å². The minimum absolute atomic E-state index is 0.144. The molecule has 3 amide bonds. The lowest BCUT2D eigenvalue weighted by Crippen LogP contribution is -2.53. The number of pyridine rings is 2. The standard InChI is InChI=1S/C53H65N11O4/c1-34-31-60(32-37-6-12-44-47(28-37)59(5)53(68)64(44)45-13-15-49(65)57-51(45)66)26-27-63(34)33-36-17-22-62(23-18-36)52(67)40-9-7-38(8-10-40)39-19-24-61(25-20-39)35(2)46-29-43-42(16-21-55-50(43)58(46)4)41-11-14-48(54-3)56-30-41/h6-12,14,16,21,28-30,34-36,39,45H,13,15,17-20,22-27,31-33H2,1-5H3,(H,54,56)(H,57,65,66)/t34-,35-,45-/m0/s1. The van der Waals surface area contributed by atoms with E-state index in [0.717, 1.165) is 129 Å². The molecule has 4 aromatic heterocycles. The minimum atomic E-state index is -0.686. The van der Waals surface area contributed by atoms with E-state index in [-0.39, 0.29) is 30.0 Å². The highest BCUT2D eigenvalue weighted by Gasteiger charge is 2.33. The summed E-state index contributed by atoms with van der Waals surface area (Å²) >= 11 is 0. The van der Waals surface area contributed by atoms with Gasteiger partial charge in [-0.3, -0.25) is 43.5 Å². The van der Waals surface area contributed by atoms with E-state index in [2.05, 4.69) is 115 Å². The normalized spacial score (nSPS) is 21.2. The van der Waals surface area contributed by atoms with E-state index in [1.165, 1.54) is 15.8 Å². The molecule has 68 heavy (non-hydrogen) atoms. The number of carbonyl (C=O) groups excluding carboxylic acids is 3. The highest BCUT2D eigenvalue weighted by atomic mass is 16.2. The van der Waals surface area contributed by atoms with E-state index in [9.17, 15) is 19.2 Å². The van der Waals surface area contributed by atoms with Gasteiger partial charge in [0, 0.05) is 120 Å². The molecular formula is C53H65N11O4. The number of imide groups is 1. The molecule has 356 valence electrons. The van der Waals surface area contributed by atoms with Crippen molar-refractivity contribution in [2.75, 3.05) is 64.7 Å². The summed E-state index contributed by atoms with van der Waals surface area (Å²) in [6.07, 6.45) is 8.57. The van der Waals surface area contributed by atoms with Gasteiger partial charge in [-0.1, -0.05) is 18.2 Å². The van der Waals surface area contributed by atoms with Gasteiger partial charge in [-0.25, -0.2) is 14.8 Å². The molecule has 0 spiro atoms.